The van der Waals surface area contributed by atoms with E-state index in [4.69, 9.17) is 17.3 Å². The third-order valence-electron chi connectivity index (χ3n) is 4.23. The molecule has 2 N–H and O–H groups in total. The van der Waals surface area contributed by atoms with Gasteiger partial charge in [-0.1, -0.05) is 43.9 Å². The number of halogens is 2. The molecule has 3 unspecified atom stereocenters. The van der Waals surface area contributed by atoms with Gasteiger partial charge in [-0.3, -0.25) is 0 Å². The van der Waals surface area contributed by atoms with Crippen molar-refractivity contribution in [1.82, 2.24) is 0 Å². The van der Waals surface area contributed by atoms with Crippen molar-refractivity contribution in [2.24, 2.45) is 17.6 Å². The molecule has 0 heterocycles. The van der Waals surface area contributed by atoms with Crippen LogP contribution in [0.4, 0.5) is 4.39 Å². The Bertz CT molecular complexity index is 407. The van der Waals surface area contributed by atoms with Crippen LogP contribution in [0.5, 0.6) is 0 Å². The highest BCUT2D eigenvalue weighted by Gasteiger charge is 2.27. The summed E-state index contributed by atoms with van der Waals surface area (Å²) in [6.07, 6.45) is 6.11. The largest absolute Gasteiger partial charge is 0.324 e. The standard InChI is InChI=1S/C15H21ClFN/c1-2-10-4-3-5-11(8-10)15(18)13-7-6-12(17)9-14(13)16/h6-7,9-11,15H,2-5,8,18H2,1H3. The molecule has 1 aromatic rings. The molecule has 100 valence electrons. The fourth-order valence-corrected chi connectivity index (χ4v) is 3.35. The zero-order valence-electron chi connectivity index (χ0n) is 10.8. The van der Waals surface area contributed by atoms with Crippen molar-refractivity contribution in [2.45, 2.75) is 45.1 Å². The number of rotatable bonds is 3. The van der Waals surface area contributed by atoms with Gasteiger partial charge in [-0.05, 0) is 42.4 Å². The molecule has 1 aliphatic rings. The summed E-state index contributed by atoms with van der Waals surface area (Å²) in [7, 11) is 0. The first-order chi connectivity index (χ1) is 8.61. The van der Waals surface area contributed by atoms with Crippen molar-refractivity contribution < 1.29 is 4.39 Å². The van der Waals surface area contributed by atoms with Gasteiger partial charge < -0.3 is 5.73 Å². The highest BCUT2D eigenvalue weighted by molar-refractivity contribution is 6.31. The molecule has 3 atom stereocenters. The van der Waals surface area contributed by atoms with Crippen molar-refractivity contribution in [3.63, 3.8) is 0 Å². The van der Waals surface area contributed by atoms with Gasteiger partial charge in [0.25, 0.3) is 0 Å². The smallest absolute Gasteiger partial charge is 0.124 e. The predicted molar refractivity (Wildman–Crippen MR) is 74.1 cm³/mol. The maximum atomic E-state index is 13.0. The second-order valence-electron chi connectivity index (χ2n) is 5.39. The van der Waals surface area contributed by atoms with Gasteiger partial charge in [-0.15, -0.1) is 0 Å². The predicted octanol–water partition coefficient (Wildman–Crippen LogP) is 4.70. The Morgan fingerprint density at radius 1 is 1.44 bits per heavy atom. The van der Waals surface area contributed by atoms with Gasteiger partial charge in [-0.25, -0.2) is 4.39 Å². The fraction of sp³-hybridized carbons (Fsp3) is 0.600. The molecule has 1 aromatic carbocycles. The number of hydrogen-bond donors (Lipinski definition) is 1. The Morgan fingerprint density at radius 2 is 2.22 bits per heavy atom. The molecule has 0 aromatic heterocycles. The molecule has 3 heteroatoms. The van der Waals surface area contributed by atoms with E-state index in [1.807, 2.05) is 0 Å². The minimum atomic E-state index is -0.300. The van der Waals surface area contributed by atoms with E-state index in [1.54, 1.807) is 6.07 Å². The van der Waals surface area contributed by atoms with E-state index in [1.165, 1.54) is 37.8 Å². The lowest BCUT2D eigenvalue weighted by molar-refractivity contribution is 0.230. The zero-order valence-corrected chi connectivity index (χ0v) is 11.6. The first-order valence-corrected chi connectivity index (χ1v) is 7.20. The lowest BCUT2D eigenvalue weighted by atomic mass is 9.75. The molecule has 1 nitrogen and oxygen atoms in total. The summed E-state index contributed by atoms with van der Waals surface area (Å²) in [4.78, 5) is 0. The quantitative estimate of drug-likeness (QED) is 0.846. The average molecular weight is 270 g/mol. The number of benzene rings is 1. The lowest BCUT2D eigenvalue weighted by Gasteiger charge is -2.33. The molecular formula is C15H21ClFN. The third-order valence-corrected chi connectivity index (χ3v) is 4.56. The summed E-state index contributed by atoms with van der Waals surface area (Å²) < 4.78 is 13.0. The highest BCUT2D eigenvalue weighted by atomic mass is 35.5. The molecule has 18 heavy (non-hydrogen) atoms. The number of hydrogen-bond acceptors (Lipinski definition) is 1. The second-order valence-corrected chi connectivity index (χ2v) is 5.80. The summed E-state index contributed by atoms with van der Waals surface area (Å²) in [6.45, 7) is 2.24. The minimum Gasteiger partial charge on any atom is -0.324 e. The summed E-state index contributed by atoms with van der Waals surface area (Å²) in [5.74, 6) is 0.965. The van der Waals surface area contributed by atoms with Crippen LogP contribution in [-0.2, 0) is 0 Å². The van der Waals surface area contributed by atoms with E-state index < -0.39 is 0 Å². The van der Waals surface area contributed by atoms with Gasteiger partial charge in [-0.2, -0.15) is 0 Å². The van der Waals surface area contributed by atoms with Gasteiger partial charge in [0, 0.05) is 11.1 Å². The maximum Gasteiger partial charge on any atom is 0.124 e. The Morgan fingerprint density at radius 3 is 2.89 bits per heavy atom. The highest BCUT2D eigenvalue weighted by Crippen LogP contribution is 2.39. The summed E-state index contributed by atoms with van der Waals surface area (Å²) in [5, 5.41) is 0.459. The second kappa shape index (κ2) is 6.03. The van der Waals surface area contributed by atoms with Crippen molar-refractivity contribution in [2.75, 3.05) is 0 Å². The van der Waals surface area contributed by atoms with E-state index >= 15 is 0 Å². The number of nitrogens with two attached hydrogens (primary N) is 1. The van der Waals surface area contributed by atoms with E-state index in [-0.39, 0.29) is 11.9 Å². The SMILES string of the molecule is CCC1CCCC(C(N)c2ccc(F)cc2Cl)C1. The molecule has 1 fully saturated rings. The normalized spacial score (nSPS) is 26.0. The van der Waals surface area contributed by atoms with Crippen molar-refractivity contribution in [3.8, 4) is 0 Å². The van der Waals surface area contributed by atoms with Gasteiger partial charge >= 0.3 is 0 Å². The van der Waals surface area contributed by atoms with Gasteiger partial charge in [0.05, 0.1) is 0 Å². The summed E-state index contributed by atoms with van der Waals surface area (Å²) >= 11 is 6.09. The van der Waals surface area contributed by atoms with Crippen LogP contribution < -0.4 is 5.73 Å². The molecule has 1 aliphatic carbocycles. The Balaban J connectivity index is 2.12. The van der Waals surface area contributed by atoms with Crippen LogP contribution in [-0.4, -0.2) is 0 Å². The average Bonchev–Trinajstić information content (AvgIpc) is 2.38. The van der Waals surface area contributed by atoms with E-state index in [2.05, 4.69) is 6.92 Å². The van der Waals surface area contributed by atoms with Crippen LogP contribution in [0.25, 0.3) is 0 Å². The van der Waals surface area contributed by atoms with Gasteiger partial charge in [0.15, 0.2) is 0 Å². The monoisotopic (exact) mass is 269 g/mol. The van der Waals surface area contributed by atoms with Crippen LogP contribution in [0.1, 0.15) is 50.6 Å². The van der Waals surface area contributed by atoms with Crippen LogP contribution >= 0.6 is 11.6 Å². The molecule has 1 saturated carbocycles. The van der Waals surface area contributed by atoms with Crippen LogP contribution in [0.3, 0.4) is 0 Å². The van der Waals surface area contributed by atoms with Crippen molar-refractivity contribution in [1.29, 1.82) is 0 Å². The first-order valence-electron chi connectivity index (χ1n) is 6.82. The van der Waals surface area contributed by atoms with Crippen molar-refractivity contribution >= 4 is 11.6 Å². The lowest BCUT2D eigenvalue weighted by Crippen LogP contribution is -2.27. The van der Waals surface area contributed by atoms with Crippen LogP contribution in [0.2, 0.25) is 5.02 Å². The summed E-state index contributed by atoms with van der Waals surface area (Å²) in [6, 6.07) is 4.48. The van der Waals surface area contributed by atoms with E-state index in [0.29, 0.717) is 10.9 Å². The molecule has 0 spiro atoms. The van der Waals surface area contributed by atoms with Gasteiger partial charge in [0.2, 0.25) is 0 Å². The molecule has 0 bridgehead atoms. The van der Waals surface area contributed by atoms with E-state index in [0.717, 1.165) is 17.9 Å². The molecule has 0 amide bonds. The Labute approximate surface area is 114 Å². The third kappa shape index (κ3) is 3.04. The Hall–Kier alpha value is -0.600. The maximum absolute atomic E-state index is 13.0. The van der Waals surface area contributed by atoms with Crippen LogP contribution in [0, 0.1) is 17.7 Å². The minimum absolute atomic E-state index is 0.0625. The fourth-order valence-electron chi connectivity index (χ4n) is 3.06. The van der Waals surface area contributed by atoms with Crippen molar-refractivity contribution in [3.05, 3.63) is 34.6 Å². The summed E-state index contributed by atoms with van der Waals surface area (Å²) in [5.41, 5.74) is 7.22. The Kier molecular flexibility index (Phi) is 4.63. The molecule has 0 aliphatic heterocycles. The topological polar surface area (TPSA) is 26.0 Å². The molecule has 0 saturated heterocycles. The first kappa shape index (κ1) is 13.8. The molecule has 0 radical (unpaired) electrons. The van der Waals surface area contributed by atoms with Gasteiger partial charge in [0.1, 0.15) is 5.82 Å². The van der Waals surface area contributed by atoms with E-state index in [9.17, 15) is 4.39 Å². The van der Waals surface area contributed by atoms with Crippen LogP contribution in [0.15, 0.2) is 18.2 Å². The zero-order chi connectivity index (χ0) is 13.1. The molecular weight excluding hydrogens is 249 g/mol. The molecule has 2 rings (SSSR count).